The van der Waals surface area contributed by atoms with Crippen LogP contribution in [0.2, 0.25) is 0 Å². The van der Waals surface area contributed by atoms with Crippen LogP contribution in [0.15, 0.2) is 54.9 Å². The summed E-state index contributed by atoms with van der Waals surface area (Å²) in [5.41, 5.74) is 8.54. The molecule has 0 unspecified atom stereocenters. The first-order valence-electron chi connectivity index (χ1n) is 8.29. The monoisotopic (exact) mass is 381 g/mol. The van der Waals surface area contributed by atoms with Crippen LogP contribution in [0.1, 0.15) is 12.1 Å². The summed E-state index contributed by atoms with van der Waals surface area (Å²) in [5, 5.41) is 31.6. The first-order valence-corrected chi connectivity index (χ1v) is 8.29. The van der Waals surface area contributed by atoms with Gasteiger partial charge in [0.1, 0.15) is 5.69 Å². The lowest BCUT2D eigenvalue weighted by Gasteiger charge is -2.13. The highest BCUT2D eigenvalue weighted by Gasteiger charge is 2.18. The summed E-state index contributed by atoms with van der Waals surface area (Å²) in [6.45, 7) is 0. The Kier molecular flexibility index (Phi) is 4.50. The Morgan fingerprint density at radius 1 is 1.07 bits per heavy atom. The van der Waals surface area contributed by atoms with Crippen LogP contribution < -0.4 is 11.2 Å². The fraction of sp³-hybridized carbons (Fsp3) is 0.0556. The summed E-state index contributed by atoms with van der Waals surface area (Å²) in [7, 11) is -1.68. The van der Waals surface area contributed by atoms with E-state index in [0.717, 1.165) is 5.39 Å². The van der Waals surface area contributed by atoms with Crippen molar-refractivity contribution in [3.8, 4) is 16.8 Å². The van der Waals surface area contributed by atoms with Gasteiger partial charge in [-0.25, -0.2) is 13.5 Å². The normalized spacial score (nSPS) is 11.3. The fourth-order valence-corrected chi connectivity index (χ4v) is 2.98. The Morgan fingerprint density at radius 2 is 1.89 bits per heavy atom. The van der Waals surface area contributed by atoms with Gasteiger partial charge in [0.05, 0.1) is 23.1 Å². The summed E-state index contributed by atoms with van der Waals surface area (Å²) in [6, 6.07) is 11.2. The first-order chi connectivity index (χ1) is 13.4. The number of hydrogen-bond donors (Lipinski definition) is 3. The number of nitrogen functional groups attached to an aromatic ring is 1. The molecule has 2 heterocycles. The molecule has 0 amide bonds. The lowest BCUT2D eigenvalue weighted by molar-refractivity contribution is 0.145. The maximum absolute atomic E-state index is 12.9. The quantitative estimate of drug-likeness (QED) is 0.464. The first kappa shape index (κ1) is 18.0. The van der Waals surface area contributed by atoms with E-state index in [1.807, 2.05) is 0 Å². The van der Waals surface area contributed by atoms with Gasteiger partial charge in [-0.05, 0) is 35.3 Å². The van der Waals surface area contributed by atoms with Gasteiger partial charge in [0, 0.05) is 17.1 Å². The minimum atomic E-state index is -2.69. The summed E-state index contributed by atoms with van der Waals surface area (Å²) in [4.78, 5) is 0. The van der Waals surface area contributed by atoms with Gasteiger partial charge in [0.15, 0.2) is 0 Å². The number of rotatable bonds is 4. The molecule has 0 fully saturated rings. The molecule has 0 spiro atoms. The van der Waals surface area contributed by atoms with Gasteiger partial charge in [-0.3, -0.25) is 0 Å². The maximum atomic E-state index is 12.9. The third-order valence-electron chi connectivity index (χ3n) is 4.38. The number of nitrogens with two attached hydrogens (primary N) is 1. The lowest BCUT2D eigenvalue weighted by atomic mass is 9.78. The zero-order valence-corrected chi connectivity index (χ0v) is 14.4. The molecule has 4 aromatic rings. The van der Waals surface area contributed by atoms with E-state index in [9.17, 15) is 18.8 Å². The minimum absolute atomic E-state index is 0.249. The van der Waals surface area contributed by atoms with Crippen molar-refractivity contribution in [1.29, 1.82) is 0 Å². The summed E-state index contributed by atoms with van der Waals surface area (Å²) in [5.74, 6) is 0. The van der Waals surface area contributed by atoms with Gasteiger partial charge in [-0.2, -0.15) is 15.3 Å². The van der Waals surface area contributed by atoms with E-state index in [2.05, 4.69) is 15.3 Å². The zero-order valence-electron chi connectivity index (χ0n) is 14.4. The average Bonchev–Trinajstić information content (AvgIpc) is 3.18. The second-order valence-corrected chi connectivity index (χ2v) is 6.17. The predicted molar refractivity (Wildman–Crippen MR) is 101 cm³/mol. The van der Waals surface area contributed by atoms with Gasteiger partial charge < -0.3 is 15.8 Å². The van der Waals surface area contributed by atoms with Crippen molar-refractivity contribution in [3.05, 3.63) is 60.6 Å². The van der Waals surface area contributed by atoms with Crippen LogP contribution in [0, 0.1) is 0 Å². The molecule has 28 heavy (non-hydrogen) atoms. The highest BCUT2D eigenvalue weighted by Crippen LogP contribution is 2.30. The maximum Gasteiger partial charge on any atom is 0.488 e. The molecule has 0 radical (unpaired) electrons. The van der Waals surface area contributed by atoms with E-state index in [1.165, 1.54) is 29.2 Å². The third kappa shape index (κ3) is 3.19. The van der Waals surface area contributed by atoms with Crippen LogP contribution in [0.4, 0.5) is 14.5 Å². The minimum Gasteiger partial charge on any atom is -0.423 e. The van der Waals surface area contributed by atoms with Crippen LogP contribution in [0.5, 0.6) is 0 Å². The zero-order chi connectivity index (χ0) is 19.8. The Hall–Kier alpha value is -3.37. The van der Waals surface area contributed by atoms with Crippen molar-refractivity contribution in [3.63, 3.8) is 0 Å². The van der Waals surface area contributed by atoms with Crippen molar-refractivity contribution < 1.29 is 18.8 Å². The van der Waals surface area contributed by atoms with Gasteiger partial charge in [-0.15, -0.1) is 0 Å². The molecule has 4 rings (SSSR count). The number of aromatic nitrogens is 4. The van der Waals surface area contributed by atoms with Crippen molar-refractivity contribution in [2.24, 2.45) is 0 Å². The molecule has 0 bridgehead atoms. The van der Waals surface area contributed by atoms with Crippen LogP contribution >= 0.6 is 0 Å². The Balaban J connectivity index is 1.91. The fourth-order valence-electron chi connectivity index (χ4n) is 2.98. The van der Waals surface area contributed by atoms with Gasteiger partial charge in [0.2, 0.25) is 0 Å². The molecule has 0 aliphatic heterocycles. The molecular weight excluding hydrogens is 367 g/mol. The van der Waals surface area contributed by atoms with E-state index in [1.54, 1.807) is 30.3 Å². The Morgan fingerprint density at radius 3 is 2.61 bits per heavy atom. The molecule has 0 atom stereocenters. The number of alkyl halides is 2. The van der Waals surface area contributed by atoms with Crippen LogP contribution in [0.3, 0.4) is 0 Å². The average molecular weight is 381 g/mol. The number of halogens is 2. The van der Waals surface area contributed by atoms with Crippen LogP contribution in [-0.4, -0.2) is 37.1 Å². The van der Waals surface area contributed by atoms with Gasteiger partial charge in [0.25, 0.3) is 6.43 Å². The van der Waals surface area contributed by atoms with Crippen molar-refractivity contribution in [1.82, 2.24) is 20.0 Å². The molecule has 7 nitrogen and oxygen atoms in total. The van der Waals surface area contributed by atoms with Crippen molar-refractivity contribution in [2.45, 2.75) is 6.43 Å². The SMILES string of the molecule is Nc1cnnc2cc(-c3cc(B(O)O)ccc3-n3ccc(C(F)F)n3)ccc12. The van der Waals surface area contributed by atoms with Crippen LogP contribution in [-0.2, 0) is 0 Å². The molecule has 0 aliphatic rings. The molecule has 10 heteroatoms. The molecule has 4 N–H and O–H groups in total. The second kappa shape index (κ2) is 6.99. The highest BCUT2D eigenvalue weighted by atomic mass is 19.3. The largest absolute Gasteiger partial charge is 0.488 e. The summed E-state index contributed by atoms with van der Waals surface area (Å²) < 4.78 is 27.2. The summed E-state index contributed by atoms with van der Waals surface area (Å²) >= 11 is 0. The second-order valence-electron chi connectivity index (χ2n) is 6.17. The van der Waals surface area contributed by atoms with E-state index in [4.69, 9.17) is 5.73 Å². The van der Waals surface area contributed by atoms with E-state index in [0.29, 0.717) is 28.0 Å². The Labute approximate surface area is 158 Å². The van der Waals surface area contributed by atoms with Gasteiger partial charge in [-0.1, -0.05) is 18.2 Å². The summed E-state index contributed by atoms with van der Waals surface area (Å²) in [6.07, 6.45) is 0.183. The molecule has 0 saturated heterocycles. The topological polar surface area (TPSA) is 110 Å². The number of anilines is 1. The van der Waals surface area contributed by atoms with E-state index >= 15 is 0 Å². The van der Waals surface area contributed by atoms with Crippen molar-refractivity contribution >= 4 is 29.2 Å². The molecule has 140 valence electrons. The number of fused-ring (bicyclic) bond motifs is 1. The number of benzene rings is 2. The molecule has 2 aromatic heterocycles. The molecular formula is C18H14BF2N5O2. The van der Waals surface area contributed by atoms with Gasteiger partial charge >= 0.3 is 7.12 Å². The number of hydrogen-bond acceptors (Lipinski definition) is 6. The van der Waals surface area contributed by atoms with Crippen LogP contribution in [0.25, 0.3) is 27.7 Å². The number of nitrogens with zero attached hydrogens (tertiary/aromatic N) is 4. The molecule has 0 aliphatic carbocycles. The van der Waals surface area contributed by atoms with E-state index in [-0.39, 0.29) is 11.2 Å². The van der Waals surface area contributed by atoms with E-state index < -0.39 is 13.5 Å². The highest BCUT2D eigenvalue weighted by molar-refractivity contribution is 6.58. The Bertz CT molecular complexity index is 1170. The molecule has 0 saturated carbocycles. The van der Waals surface area contributed by atoms with Crippen molar-refractivity contribution in [2.75, 3.05) is 5.73 Å². The third-order valence-corrected chi connectivity index (χ3v) is 4.38. The smallest absolute Gasteiger partial charge is 0.423 e. The standard InChI is InChI=1S/C18H14BF2N5O2/c20-18(21)15-5-6-26(25-15)17-4-2-11(19(27)28)8-13(17)10-1-3-12-14(22)9-23-24-16(12)7-10/h1-9,18,27-28H,(H2,22,24). The predicted octanol–water partition coefficient (Wildman–Crippen LogP) is 1.68. The lowest BCUT2D eigenvalue weighted by Crippen LogP contribution is -2.30. The molecule has 2 aromatic carbocycles.